The van der Waals surface area contributed by atoms with Gasteiger partial charge in [0, 0.05) is 32.2 Å². The average Bonchev–Trinajstić information content (AvgIpc) is 3.35. The highest BCUT2D eigenvalue weighted by molar-refractivity contribution is 6.00. The summed E-state index contributed by atoms with van der Waals surface area (Å²) in [5, 5.41) is 7.62. The van der Waals surface area contributed by atoms with Crippen molar-refractivity contribution in [2.24, 2.45) is 5.41 Å². The van der Waals surface area contributed by atoms with Gasteiger partial charge in [-0.05, 0) is 42.9 Å². The predicted molar refractivity (Wildman–Crippen MR) is 117 cm³/mol. The molecule has 8 heteroatoms. The number of hydrogen-bond acceptors (Lipinski definition) is 6. The van der Waals surface area contributed by atoms with Gasteiger partial charge in [-0.25, -0.2) is 4.68 Å². The molecule has 1 unspecified atom stereocenters. The Morgan fingerprint density at radius 3 is 2.87 bits per heavy atom. The van der Waals surface area contributed by atoms with Crippen molar-refractivity contribution >= 4 is 17.4 Å². The number of nitrogens with zero attached hydrogens (tertiary/aromatic N) is 2. The molecule has 1 aliphatic heterocycles. The van der Waals surface area contributed by atoms with E-state index < -0.39 is 0 Å². The molecule has 0 bridgehead atoms. The van der Waals surface area contributed by atoms with Gasteiger partial charge in [0.2, 0.25) is 0 Å². The lowest BCUT2D eigenvalue weighted by atomic mass is 9.75. The lowest BCUT2D eigenvalue weighted by molar-refractivity contribution is 0.0884. The van der Waals surface area contributed by atoms with Gasteiger partial charge in [0.05, 0.1) is 29.2 Å². The molecule has 4 rings (SSSR count). The number of nitrogen functional groups attached to an aromatic ring is 1. The molecule has 3 N–H and O–H groups in total. The van der Waals surface area contributed by atoms with Crippen LogP contribution >= 0.6 is 0 Å². The molecule has 31 heavy (non-hydrogen) atoms. The SMILES string of the molecule is COCCNC(=O)c1ccc(-n2nc(C3CCCO3)c3c2CC(C)(C)CC3=O)c(N)c1. The zero-order valence-electron chi connectivity index (χ0n) is 18.4. The summed E-state index contributed by atoms with van der Waals surface area (Å²) in [4.78, 5) is 25.4. The molecule has 166 valence electrons. The number of rotatable bonds is 6. The first-order valence-corrected chi connectivity index (χ1v) is 10.7. The second-order valence-corrected chi connectivity index (χ2v) is 9.08. The first kappa shape index (κ1) is 21.5. The van der Waals surface area contributed by atoms with E-state index in [2.05, 4.69) is 19.2 Å². The average molecular weight is 427 g/mol. The number of nitrogens with two attached hydrogens (primary N) is 1. The van der Waals surface area contributed by atoms with E-state index in [9.17, 15) is 9.59 Å². The van der Waals surface area contributed by atoms with Crippen LogP contribution in [0.2, 0.25) is 0 Å². The molecule has 1 atom stereocenters. The van der Waals surface area contributed by atoms with Gasteiger partial charge in [-0.2, -0.15) is 5.10 Å². The minimum atomic E-state index is -0.214. The normalized spacial score (nSPS) is 20.0. The quantitative estimate of drug-likeness (QED) is 0.543. The summed E-state index contributed by atoms with van der Waals surface area (Å²) < 4.78 is 12.6. The van der Waals surface area contributed by atoms with Crippen LogP contribution in [0.1, 0.15) is 71.3 Å². The molecule has 1 aromatic heterocycles. The largest absolute Gasteiger partial charge is 0.397 e. The van der Waals surface area contributed by atoms with Gasteiger partial charge in [-0.3, -0.25) is 9.59 Å². The van der Waals surface area contributed by atoms with E-state index in [1.54, 1.807) is 30.0 Å². The maximum absolute atomic E-state index is 13.1. The van der Waals surface area contributed by atoms with E-state index in [1.165, 1.54) is 0 Å². The molecule has 2 aromatic rings. The van der Waals surface area contributed by atoms with E-state index in [-0.39, 0.29) is 23.2 Å². The molecule has 1 aromatic carbocycles. The Balaban J connectivity index is 1.73. The summed E-state index contributed by atoms with van der Waals surface area (Å²) in [6.45, 7) is 5.72. The Kier molecular flexibility index (Phi) is 5.85. The summed E-state index contributed by atoms with van der Waals surface area (Å²) in [6, 6.07) is 5.16. The maximum Gasteiger partial charge on any atom is 0.251 e. The van der Waals surface area contributed by atoms with Gasteiger partial charge < -0.3 is 20.5 Å². The van der Waals surface area contributed by atoms with E-state index in [1.807, 2.05) is 0 Å². The molecule has 1 fully saturated rings. The molecule has 2 aliphatic rings. The number of carbonyl (C=O) groups excluding carboxylic acids is 2. The lowest BCUT2D eigenvalue weighted by Crippen LogP contribution is -2.28. The van der Waals surface area contributed by atoms with Crippen molar-refractivity contribution in [2.75, 3.05) is 32.6 Å². The summed E-state index contributed by atoms with van der Waals surface area (Å²) in [5.41, 5.74) is 10.0. The van der Waals surface area contributed by atoms with Gasteiger partial charge in [0.15, 0.2) is 5.78 Å². The third kappa shape index (κ3) is 4.22. The van der Waals surface area contributed by atoms with Crippen LogP contribution in [0.15, 0.2) is 18.2 Å². The molecule has 0 spiro atoms. The minimum Gasteiger partial charge on any atom is -0.397 e. The second-order valence-electron chi connectivity index (χ2n) is 9.08. The standard InChI is InChI=1S/C23H30N4O4/c1-23(2)12-17-20(18(28)13-23)21(19-5-4-9-31-19)26-27(17)16-7-6-14(11-15(16)24)22(29)25-8-10-30-3/h6-7,11,19H,4-5,8-10,12-13,24H2,1-3H3,(H,25,29). The summed E-state index contributed by atoms with van der Waals surface area (Å²) >= 11 is 0. The van der Waals surface area contributed by atoms with Crippen molar-refractivity contribution in [3.05, 3.63) is 40.7 Å². The van der Waals surface area contributed by atoms with Gasteiger partial charge in [-0.15, -0.1) is 0 Å². The van der Waals surface area contributed by atoms with E-state index in [0.717, 1.165) is 18.5 Å². The molecule has 1 amide bonds. The summed E-state index contributed by atoms with van der Waals surface area (Å²) in [6.07, 6.45) is 2.86. The fourth-order valence-corrected chi connectivity index (χ4v) is 4.45. The molecule has 1 aliphatic carbocycles. The summed E-state index contributed by atoms with van der Waals surface area (Å²) in [5.74, 6) is -0.107. The Bertz CT molecular complexity index is 1010. The van der Waals surface area contributed by atoms with Crippen LogP contribution < -0.4 is 11.1 Å². The van der Waals surface area contributed by atoms with Crippen LogP contribution in [-0.2, 0) is 15.9 Å². The van der Waals surface area contributed by atoms with Crippen molar-refractivity contribution in [2.45, 2.75) is 45.6 Å². The van der Waals surface area contributed by atoms with Crippen LogP contribution in [0.4, 0.5) is 5.69 Å². The first-order valence-electron chi connectivity index (χ1n) is 10.7. The Hall–Kier alpha value is -2.71. The number of ether oxygens (including phenoxy) is 2. The number of aromatic nitrogens is 2. The molecular formula is C23H30N4O4. The lowest BCUT2D eigenvalue weighted by Gasteiger charge is -2.29. The van der Waals surface area contributed by atoms with Crippen LogP contribution in [0, 0.1) is 5.41 Å². The Morgan fingerprint density at radius 1 is 1.39 bits per heavy atom. The number of nitrogens with one attached hydrogen (secondary N) is 1. The van der Waals surface area contributed by atoms with E-state index >= 15 is 0 Å². The van der Waals surface area contributed by atoms with E-state index in [0.29, 0.717) is 60.8 Å². The van der Waals surface area contributed by atoms with Crippen LogP contribution in [0.25, 0.3) is 5.69 Å². The number of methoxy groups -OCH3 is 1. The Morgan fingerprint density at radius 2 is 2.19 bits per heavy atom. The zero-order valence-corrected chi connectivity index (χ0v) is 18.4. The molecule has 8 nitrogen and oxygen atoms in total. The van der Waals surface area contributed by atoms with Crippen LogP contribution in [0.3, 0.4) is 0 Å². The van der Waals surface area contributed by atoms with Crippen molar-refractivity contribution < 1.29 is 19.1 Å². The number of anilines is 1. The van der Waals surface area contributed by atoms with Crippen LogP contribution in [-0.4, -0.2) is 48.3 Å². The van der Waals surface area contributed by atoms with Gasteiger partial charge in [0.1, 0.15) is 11.8 Å². The maximum atomic E-state index is 13.1. The highest BCUT2D eigenvalue weighted by Gasteiger charge is 2.39. The van der Waals surface area contributed by atoms with E-state index in [4.69, 9.17) is 20.3 Å². The van der Waals surface area contributed by atoms with Crippen molar-refractivity contribution in [1.29, 1.82) is 0 Å². The van der Waals surface area contributed by atoms with Gasteiger partial charge >= 0.3 is 0 Å². The zero-order chi connectivity index (χ0) is 22.2. The molecular weight excluding hydrogens is 396 g/mol. The smallest absolute Gasteiger partial charge is 0.251 e. The number of carbonyl (C=O) groups is 2. The predicted octanol–water partition coefficient (Wildman–Crippen LogP) is 2.84. The third-order valence-electron chi connectivity index (χ3n) is 5.92. The molecule has 1 saturated heterocycles. The van der Waals surface area contributed by atoms with Gasteiger partial charge in [0.25, 0.3) is 5.91 Å². The third-order valence-corrected chi connectivity index (χ3v) is 5.92. The number of benzene rings is 1. The highest BCUT2D eigenvalue weighted by atomic mass is 16.5. The molecule has 0 saturated carbocycles. The number of fused-ring (bicyclic) bond motifs is 1. The number of amides is 1. The van der Waals surface area contributed by atoms with Gasteiger partial charge in [-0.1, -0.05) is 13.8 Å². The molecule has 2 heterocycles. The number of hydrogen-bond donors (Lipinski definition) is 2. The van der Waals surface area contributed by atoms with Crippen molar-refractivity contribution in [1.82, 2.24) is 15.1 Å². The monoisotopic (exact) mass is 426 g/mol. The minimum absolute atomic E-state index is 0.107. The number of ketones is 1. The second kappa shape index (κ2) is 8.43. The molecule has 0 radical (unpaired) electrons. The number of Topliss-reactive ketones (excluding diaryl/α,β-unsaturated/α-hetero) is 1. The van der Waals surface area contributed by atoms with Crippen molar-refractivity contribution in [3.63, 3.8) is 0 Å². The fraction of sp³-hybridized carbons (Fsp3) is 0.522. The van der Waals surface area contributed by atoms with Crippen LogP contribution in [0.5, 0.6) is 0 Å². The topological polar surface area (TPSA) is 108 Å². The Labute approximate surface area is 182 Å². The highest BCUT2D eigenvalue weighted by Crippen LogP contribution is 2.41. The summed E-state index contributed by atoms with van der Waals surface area (Å²) in [7, 11) is 1.58. The van der Waals surface area contributed by atoms with Crippen molar-refractivity contribution in [3.8, 4) is 5.69 Å². The first-order chi connectivity index (χ1) is 14.8. The fourth-order valence-electron chi connectivity index (χ4n) is 4.45.